The number of aromatic amines is 1. The van der Waals surface area contributed by atoms with E-state index in [0.29, 0.717) is 5.71 Å². The van der Waals surface area contributed by atoms with E-state index in [0.717, 1.165) is 22.2 Å². The van der Waals surface area contributed by atoms with Gasteiger partial charge >= 0.3 is 0 Å². The zero-order valence-electron chi connectivity index (χ0n) is 11.4. The average molecular weight is 281 g/mol. The normalized spacial score (nSPS) is 11.8. The number of hydrogen-bond acceptors (Lipinski definition) is 4. The van der Waals surface area contributed by atoms with Gasteiger partial charge in [-0.05, 0) is 12.1 Å². The van der Waals surface area contributed by atoms with Crippen molar-refractivity contribution < 1.29 is 9.94 Å². The summed E-state index contributed by atoms with van der Waals surface area (Å²) in [6.45, 7) is 0.0975. The van der Waals surface area contributed by atoms with E-state index in [-0.39, 0.29) is 13.2 Å². The minimum Gasteiger partial charge on any atom is -0.393 e. The number of nitrogens with one attached hydrogen (secondary N) is 1. The van der Waals surface area contributed by atoms with Crippen LogP contribution in [0.5, 0.6) is 0 Å². The van der Waals surface area contributed by atoms with Crippen molar-refractivity contribution in [3.8, 4) is 0 Å². The molecule has 1 aromatic carbocycles. The summed E-state index contributed by atoms with van der Waals surface area (Å²) in [5.41, 5.74) is 3.43. The van der Waals surface area contributed by atoms with E-state index in [1.54, 1.807) is 12.4 Å². The number of oxime groups is 1. The fourth-order valence-electron chi connectivity index (χ4n) is 2.10. The Bertz CT molecular complexity index is 717. The van der Waals surface area contributed by atoms with E-state index in [1.165, 1.54) is 0 Å². The molecule has 0 atom stereocenters. The number of rotatable bonds is 5. The van der Waals surface area contributed by atoms with Gasteiger partial charge in [-0.1, -0.05) is 35.5 Å². The summed E-state index contributed by atoms with van der Waals surface area (Å²) >= 11 is 0. The first kappa shape index (κ1) is 13.3. The Hall–Kier alpha value is -2.66. The molecule has 0 aliphatic carbocycles. The number of benzene rings is 1. The predicted octanol–water partition coefficient (Wildman–Crippen LogP) is 2.32. The van der Waals surface area contributed by atoms with Crippen LogP contribution >= 0.6 is 0 Å². The molecular formula is C16H15N3O2. The maximum atomic E-state index is 8.82. The molecule has 0 fully saturated rings. The van der Waals surface area contributed by atoms with Gasteiger partial charge in [0.1, 0.15) is 12.3 Å². The van der Waals surface area contributed by atoms with E-state index >= 15 is 0 Å². The Morgan fingerprint density at radius 3 is 2.86 bits per heavy atom. The standard InChI is InChI=1S/C16H15N3O2/c20-8-9-21-19-16(12-4-2-1-3-5-12)14-10-13-6-7-17-11-15(13)18-14/h1-7,10-11,18,20H,8-9H2. The van der Waals surface area contributed by atoms with Crippen molar-refractivity contribution in [1.82, 2.24) is 9.97 Å². The van der Waals surface area contributed by atoms with Crippen LogP contribution in [0.2, 0.25) is 0 Å². The molecule has 0 spiro atoms. The molecule has 3 rings (SSSR count). The third-order valence-electron chi connectivity index (χ3n) is 3.06. The minimum atomic E-state index is -0.0673. The maximum Gasteiger partial charge on any atom is 0.140 e. The number of nitrogens with zero attached hydrogens (tertiary/aromatic N) is 2. The number of aromatic nitrogens is 2. The molecule has 0 saturated heterocycles. The number of aliphatic hydroxyl groups is 1. The highest BCUT2D eigenvalue weighted by Gasteiger charge is 2.11. The SMILES string of the molecule is OCCON=C(c1ccccc1)c1cc2ccncc2[nH]1. The van der Waals surface area contributed by atoms with Gasteiger partial charge in [0, 0.05) is 17.1 Å². The lowest BCUT2D eigenvalue weighted by molar-refractivity contribution is 0.0988. The van der Waals surface area contributed by atoms with E-state index in [4.69, 9.17) is 9.94 Å². The van der Waals surface area contributed by atoms with Gasteiger partial charge in [-0.2, -0.15) is 0 Å². The predicted molar refractivity (Wildman–Crippen MR) is 81.2 cm³/mol. The second kappa shape index (κ2) is 6.19. The molecule has 3 aromatic rings. The molecule has 0 aliphatic heterocycles. The van der Waals surface area contributed by atoms with Crippen LogP contribution in [0.15, 0.2) is 60.0 Å². The number of pyridine rings is 1. The Morgan fingerprint density at radius 2 is 2.10 bits per heavy atom. The van der Waals surface area contributed by atoms with Crippen molar-refractivity contribution in [2.45, 2.75) is 0 Å². The fraction of sp³-hybridized carbons (Fsp3) is 0.125. The molecule has 5 heteroatoms. The first-order valence-electron chi connectivity index (χ1n) is 6.68. The molecule has 0 aliphatic rings. The average Bonchev–Trinajstić information content (AvgIpc) is 2.96. The summed E-state index contributed by atoms with van der Waals surface area (Å²) in [5.74, 6) is 0. The van der Waals surface area contributed by atoms with Crippen molar-refractivity contribution in [2.24, 2.45) is 5.16 Å². The summed E-state index contributed by atoms with van der Waals surface area (Å²) in [4.78, 5) is 12.5. The van der Waals surface area contributed by atoms with Gasteiger partial charge in [-0.25, -0.2) is 0 Å². The van der Waals surface area contributed by atoms with E-state index in [9.17, 15) is 0 Å². The zero-order valence-corrected chi connectivity index (χ0v) is 11.4. The van der Waals surface area contributed by atoms with Crippen molar-refractivity contribution in [1.29, 1.82) is 0 Å². The molecule has 2 heterocycles. The maximum absolute atomic E-state index is 8.82. The van der Waals surface area contributed by atoms with Crippen LogP contribution in [0.4, 0.5) is 0 Å². The molecule has 0 unspecified atom stereocenters. The highest BCUT2D eigenvalue weighted by atomic mass is 16.6. The van der Waals surface area contributed by atoms with E-state index in [1.807, 2.05) is 42.5 Å². The Morgan fingerprint density at radius 1 is 1.24 bits per heavy atom. The summed E-state index contributed by atoms with van der Waals surface area (Å²) in [7, 11) is 0. The molecular weight excluding hydrogens is 266 g/mol. The number of fused-ring (bicyclic) bond motifs is 1. The molecule has 0 amide bonds. The molecule has 0 bridgehead atoms. The Balaban J connectivity index is 2.04. The topological polar surface area (TPSA) is 70.5 Å². The third-order valence-corrected chi connectivity index (χ3v) is 3.06. The van der Waals surface area contributed by atoms with Crippen molar-refractivity contribution >= 4 is 16.6 Å². The lowest BCUT2D eigenvalue weighted by Gasteiger charge is -2.04. The van der Waals surface area contributed by atoms with Gasteiger partial charge in [0.2, 0.25) is 0 Å². The van der Waals surface area contributed by atoms with Crippen LogP contribution in [0.25, 0.3) is 10.9 Å². The largest absolute Gasteiger partial charge is 0.393 e. The van der Waals surface area contributed by atoms with Gasteiger partial charge in [-0.15, -0.1) is 0 Å². The summed E-state index contributed by atoms with van der Waals surface area (Å²) in [6, 6.07) is 13.7. The molecule has 2 aromatic heterocycles. The fourth-order valence-corrected chi connectivity index (χ4v) is 2.10. The first-order chi connectivity index (χ1) is 10.4. The molecule has 106 valence electrons. The summed E-state index contributed by atoms with van der Waals surface area (Å²) < 4.78 is 0. The first-order valence-corrected chi connectivity index (χ1v) is 6.68. The lowest BCUT2D eigenvalue weighted by atomic mass is 10.1. The molecule has 21 heavy (non-hydrogen) atoms. The van der Waals surface area contributed by atoms with Gasteiger partial charge in [0.15, 0.2) is 0 Å². The lowest BCUT2D eigenvalue weighted by Crippen LogP contribution is -2.06. The van der Waals surface area contributed by atoms with Gasteiger partial charge < -0.3 is 14.9 Å². The second-order valence-electron chi connectivity index (χ2n) is 4.51. The van der Waals surface area contributed by atoms with Gasteiger partial charge in [0.25, 0.3) is 0 Å². The third kappa shape index (κ3) is 2.93. The zero-order chi connectivity index (χ0) is 14.5. The van der Waals surface area contributed by atoms with Crippen molar-refractivity contribution in [3.05, 3.63) is 66.1 Å². The van der Waals surface area contributed by atoms with Crippen LogP contribution in [0.3, 0.4) is 0 Å². The number of aliphatic hydroxyl groups excluding tert-OH is 1. The number of H-pyrrole nitrogens is 1. The molecule has 2 N–H and O–H groups in total. The smallest absolute Gasteiger partial charge is 0.140 e. The quantitative estimate of drug-likeness (QED) is 0.428. The van der Waals surface area contributed by atoms with E-state index in [2.05, 4.69) is 15.1 Å². The molecule has 0 radical (unpaired) electrons. The van der Waals surface area contributed by atoms with E-state index < -0.39 is 0 Å². The molecule has 0 saturated carbocycles. The van der Waals surface area contributed by atoms with Crippen LogP contribution in [-0.4, -0.2) is 34.0 Å². The van der Waals surface area contributed by atoms with Gasteiger partial charge in [-0.3, -0.25) is 4.98 Å². The Labute approximate surface area is 121 Å². The highest BCUT2D eigenvalue weighted by Crippen LogP contribution is 2.17. The highest BCUT2D eigenvalue weighted by molar-refractivity contribution is 6.13. The molecule has 5 nitrogen and oxygen atoms in total. The van der Waals surface area contributed by atoms with Gasteiger partial charge in [0.05, 0.1) is 24.0 Å². The van der Waals surface area contributed by atoms with Crippen molar-refractivity contribution in [3.63, 3.8) is 0 Å². The van der Waals surface area contributed by atoms with Crippen molar-refractivity contribution in [2.75, 3.05) is 13.2 Å². The summed E-state index contributed by atoms with van der Waals surface area (Å²) in [6.07, 6.45) is 3.53. The van der Waals surface area contributed by atoms with Crippen LogP contribution in [0.1, 0.15) is 11.3 Å². The van der Waals surface area contributed by atoms with Crippen LogP contribution in [-0.2, 0) is 4.84 Å². The minimum absolute atomic E-state index is 0.0673. The second-order valence-corrected chi connectivity index (χ2v) is 4.51. The van der Waals surface area contributed by atoms with Crippen LogP contribution < -0.4 is 0 Å². The monoisotopic (exact) mass is 281 g/mol. The van der Waals surface area contributed by atoms with Crippen LogP contribution in [0, 0.1) is 0 Å². The summed E-state index contributed by atoms with van der Waals surface area (Å²) in [5, 5.41) is 14.0. The Kier molecular flexibility index (Phi) is 3.93. The number of hydrogen-bond donors (Lipinski definition) is 2.